The van der Waals surface area contributed by atoms with Crippen molar-refractivity contribution in [1.29, 1.82) is 0 Å². The number of nitrogens with zero attached hydrogens (tertiary/aromatic N) is 1. The minimum atomic E-state index is -0.602. The lowest BCUT2D eigenvalue weighted by atomic mass is 10.0. The number of aliphatic hydroxyl groups is 1. The third-order valence-electron chi connectivity index (χ3n) is 2.71. The number of rotatable bonds is 3. The molecule has 2 N–H and O–H groups in total. The van der Waals surface area contributed by atoms with Gasteiger partial charge in [0.15, 0.2) is 0 Å². The van der Waals surface area contributed by atoms with Crippen LogP contribution < -0.4 is 0 Å². The fraction of sp³-hybridized carbons (Fsp3) is 0.417. The van der Waals surface area contributed by atoms with Gasteiger partial charge < -0.3 is 15.1 Å². The molecule has 0 saturated heterocycles. The Morgan fingerprint density at radius 1 is 1.31 bits per heavy atom. The normalized spacial score (nSPS) is 11.2. The zero-order chi connectivity index (χ0) is 12.3. The zero-order valence-corrected chi connectivity index (χ0v) is 9.77. The Hall–Kier alpha value is -1.55. The van der Waals surface area contributed by atoms with E-state index in [0.29, 0.717) is 5.56 Å². The molecule has 1 rings (SSSR count). The first-order chi connectivity index (χ1) is 7.38. The number of aromatic hydroxyl groups is 1. The second kappa shape index (κ2) is 4.53. The minimum Gasteiger partial charge on any atom is -0.508 e. The number of aliphatic hydroxyl groups excluding tert-OH is 1. The van der Waals surface area contributed by atoms with Crippen LogP contribution in [0.15, 0.2) is 24.3 Å². The SMILES string of the molecule is CN(C(=O)c1ccc(O)cc1)C(C)(C)CO. The molecule has 4 nitrogen and oxygen atoms in total. The van der Waals surface area contributed by atoms with E-state index >= 15 is 0 Å². The van der Waals surface area contributed by atoms with E-state index in [-0.39, 0.29) is 18.3 Å². The lowest BCUT2D eigenvalue weighted by molar-refractivity contribution is 0.0473. The van der Waals surface area contributed by atoms with Crippen LogP contribution in [-0.4, -0.2) is 40.2 Å². The first-order valence-corrected chi connectivity index (χ1v) is 5.06. The molecule has 16 heavy (non-hydrogen) atoms. The summed E-state index contributed by atoms with van der Waals surface area (Å²) < 4.78 is 0. The van der Waals surface area contributed by atoms with Crippen molar-refractivity contribution in [3.8, 4) is 5.75 Å². The van der Waals surface area contributed by atoms with E-state index in [1.54, 1.807) is 33.0 Å². The fourth-order valence-electron chi connectivity index (χ4n) is 1.18. The number of amides is 1. The van der Waals surface area contributed by atoms with Gasteiger partial charge in [-0.25, -0.2) is 0 Å². The molecule has 0 unspecified atom stereocenters. The molecule has 0 aromatic heterocycles. The highest BCUT2D eigenvalue weighted by Gasteiger charge is 2.27. The molecule has 1 aromatic rings. The van der Waals surface area contributed by atoms with Crippen molar-refractivity contribution in [2.24, 2.45) is 0 Å². The van der Waals surface area contributed by atoms with Gasteiger partial charge >= 0.3 is 0 Å². The largest absolute Gasteiger partial charge is 0.508 e. The quantitative estimate of drug-likeness (QED) is 0.810. The molecule has 1 aromatic carbocycles. The van der Waals surface area contributed by atoms with Gasteiger partial charge in [-0.15, -0.1) is 0 Å². The van der Waals surface area contributed by atoms with Gasteiger partial charge in [-0.1, -0.05) is 0 Å². The monoisotopic (exact) mass is 223 g/mol. The number of carbonyl (C=O) groups is 1. The van der Waals surface area contributed by atoms with Crippen LogP contribution in [0.25, 0.3) is 0 Å². The first kappa shape index (κ1) is 12.5. The number of hydrogen-bond donors (Lipinski definition) is 2. The molecule has 0 fully saturated rings. The van der Waals surface area contributed by atoms with Gasteiger partial charge in [-0.05, 0) is 38.1 Å². The summed E-state index contributed by atoms with van der Waals surface area (Å²) in [5.41, 5.74) is -0.114. The van der Waals surface area contributed by atoms with Gasteiger partial charge in [0.1, 0.15) is 5.75 Å². The Bertz CT molecular complexity index is 370. The number of carbonyl (C=O) groups excluding carboxylic acids is 1. The topological polar surface area (TPSA) is 60.8 Å². The maximum absolute atomic E-state index is 12.0. The van der Waals surface area contributed by atoms with E-state index in [1.165, 1.54) is 17.0 Å². The van der Waals surface area contributed by atoms with Crippen LogP contribution >= 0.6 is 0 Å². The molecule has 1 amide bonds. The molecule has 0 spiro atoms. The first-order valence-electron chi connectivity index (χ1n) is 5.06. The average molecular weight is 223 g/mol. The third kappa shape index (κ3) is 2.52. The summed E-state index contributed by atoms with van der Waals surface area (Å²) in [6.07, 6.45) is 0. The Labute approximate surface area is 95.1 Å². The van der Waals surface area contributed by atoms with E-state index in [9.17, 15) is 9.90 Å². The van der Waals surface area contributed by atoms with Crippen LogP contribution in [-0.2, 0) is 0 Å². The molecule has 0 atom stereocenters. The van der Waals surface area contributed by atoms with E-state index in [0.717, 1.165) is 0 Å². The van der Waals surface area contributed by atoms with E-state index < -0.39 is 5.54 Å². The smallest absolute Gasteiger partial charge is 0.254 e. The molecular formula is C12H17NO3. The molecule has 0 aliphatic rings. The maximum atomic E-state index is 12.0. The van der Waals surface area contributed by atoms with Crippen molar-refractivity contribution in [2.75, 3.05) is 13.7 Å². The van der Waals surface area contributed by atoms with E-state index in [4.69, 9.17) is 5.11 Å². The van der Waals surface area contributed by atoms with Crippen LogP contribution in [0, 0.1) is 0 Å². The second-order valence-corrected chi connectivity index (χ2v) is 4.38. The van der Waals surface area contributed by atoms with Crippen molar-refractivity contribution in [3.05, 3.63) is 29.8 Å². The second-order valence-electron chi connectivity index (χ2n) is 4.38. The predicted molar refractivity (Wildman–Crippen MR) is 61.4 cm³/mol. The van der Waals surface area contributed by atoms with Gasteiger partial charge in [-0.2, -0.15) is 0 Å². The van der Waals surface area contributed by atoms with Gasteiger partial charge in [0.2, 0.25) is 0 Å². The van der Waals surface area contributed by atoms with Crippen LogP contribution in [0.3, 0.4) is 0 Å². The summed E-state index contributed by atoms with van der Waals surface area (Å²) >= 11 is 0. The standard InChI is InChI=1S/C12H17NO3/c1-12(2,8-14)13(3)11(16)9-4-6-10(15)7-5-9/h4-7,14-15H,8H2,1-3H3. The van der Waals surface area contributed by atoms with Crippen molar-refractivity contribution in [3.63, 3.8) is 0 Å². The molecule has 0 radical (unpaired) electrons. The van der Waals surface area contributed by atoms with Crippen molar-refractivity contribution >= 4 is 5.91 Å². The third-order valence-corrected chi connectivity index (χ3v) is 2.71. The summed E-state index contributed by atoms with van der Waals surface area (Å²) in [6, 6.07) is 6.04. The highest BCUT2D eigenvalue weighted by Crippen LogP contribution is 2.17. The summed E-state index contributed by atoms with van der Waals surface area (Å²) in [7, 11) is 1.64. The number of phenolic OH excluding ortho intramolecular Hbond substituents is 1. The lowest BCUT2D eigenvalue weighted by Crippen LogP contribution is -2.47. The van der Waals surface area contributed by atoms with Crippen molar-refractivity contribution in [1.82, 2.24) is 4.90 Å². The molecule has 88 valence electrons. The summed E-state index contributed by atoms with van der Waals surface area (Å²) in [4.78, 5) is 13.5. The van der Waals surface area contributed by atoms with Gasteiger partial charge in [0, 0.05) is 12.6 Å². The molecule has 0 heterocycles. The maximum Gasteiger partial charge on any atom is 0.254 e. The molecule has 4 heteroatoms. The highest BCUT2D eigenvalue weighted by atomic mass is 16.3. The van der Waals surface area contributed by atoms with Gasteiger partial charge in [0.25, 0.3) is 5.91 Å². The number of hydrogen-bond acceptors (Lipinski definition) is 3. The average Bonchev–Trinajstić information content (AvgIpc) is 2.28. The molecule has 0 saturated carbocycles. The number of phenols is 1. The van der Waals surface area contributed by atoms with E-state index in [2.05, 4.69) is 0 Å². The zero-order valence-electron chi connectivity index (χ0n) is 9.77. The summed E-state index contributed by atoms with van der Waals surface area (Å²) in [5.74, 6) is -0.0559. The highest BCUT2D eigenvalue weighted by molar-refractivity contribution is 5.94. The Morgan fingerprint density at radius 3 is 2.25 bits per heavy atom. The van der Waals surface area contributed by atoms with Crippen LogP contribution in [0.2, 0.25) is 0 Å². The summed E-state index contributed by atoms with van der Waals surface area (Å²) in [5, 5.41) is 18.3. The van der Waals surface area contributed by atoms with Crippen LogP contribution in [0.4, 0.5) is 0 Å². The minimum absolute atomic E-state index is 0.104. The van der Waals surface area contributed by atoms with Gasteiger partial charge in [0.05, 0.1) is 12.1 Å². The molecule has 0 aliphatic carbocycles. The Morgan fingerprint density at radius 2 is 1.81 bits per heavy atom. The lowest BCUT2D eigenvalue weighted by Gasteiger charge is -2.34. The van der Waals surface area contributed by atoms with Gasteiger partial charge in [-0.3, -0.25) is 4.79 Å². The number of benzene rings is 1. The molecule has 0 bridgehead atoms. The Balaban J connectivity index is 2.90. The van der Waals surface area contributed by atoms with E-state index in [1.807, 2.05) is 0 Å². The van der Waals surface area contributed by atoms with Crippen molar-refractivity contribution in [2.45, 2.75) is 19.4 Å². The van der Waals surface area contributed by atoms with Crippen molar-refractivity contribution < 1.29 is 15.0 Å². The molecular weight excluding hydrogens is 206 g/mol. The molecule has 0 aliphatic heterocycles. The summed E-state index contributed by atoms with van der Waals surface area (Å²) in [6.45, 7) is 3.46. The Kier molecular flexibility index (Phi) is 3.55. The van der Waals surface area contributed by atoms with Crippen LogP contribution in [0.5, 0.6) is 5.75 Å². The van der Waals surface area contributed by atoms with Crippen LogP contribution in [0.1, 0.15) is 24.2 Å². The number of likely N-dealkylation sites (N-methyl/N-ethyl adjacent to an activating group) is 1. The fourth-order valence-corrected chi connectivity index (χ4v) is 1.18. The predicted octanol–water partition coefficient (Wildman–Crippen LogP) is 1.24.